The van der Waals surface area contributed by atoms with Crippen LogP contribution in [-0.4, -0.2) is 31.7 Å². The molecule has 1 atom stereocenters. The van der Waals surface area contributed by atoms with E-state index in [9.17, 15) is 9.59 Å². The maximum absolute atomic E-state index is 12.7. The molecule has 6 heteroatoms. The number of esters is 1. The first-order valence-electron chi connectivity index (χ1n) is 9.88. The number of anilines is 1. The van der Waals surface area contributed by atoms with Gasteiger partial charge in [-0.2, -0.15) is 0 Å². The minimum Gasteiger partial charge on any atom is -0.463 e. The number of carbonyl (C=O) groups excluding carboxylic acids is 2. The van der Waals surface area contributed by atoms with Crippen molar-refractivity contribution in [2.24, 2.45) is 0 Å². The van der Waals surface area contributed by atoms with E-state index < -0.39 is 6.04 Å². The number of nitrogens with one attached hydrogen (secondary N) is 2. The highest BCUT2D eigenvalue weighted by molar-refractivity contribution is 5.95. The predicted molar refractivity (Wildman–Crippen MR) is 108 cm³/mol. The fraction of sp³-hybridized carbons (Fsp3) is 0.524. The summed E-state index contributed by atoms with van der Waals surface area (Å²) in [5.74, 6) is -0.381. The Bertz CT molecular complexity index is 678. The Morgan fingerprint density at radius 2 is 1.78 bits per heavy atom. The SMILES string of the molecule is CCCCC1=C(C(=O)OCC)C(c2ccc(N(CC)CC)cc2)NC(=O)N1. The number of allylic oxidation sites excluding steroid dienone is 1. The standard InChI is InChI=1S/C21H31N3O3/c1-5-9-10-17-18(20(25)27-8-4)19(23-21(26)22-17)15-11-13-16(14-12-15)24(6-2)7-3/h11-14,19H,5-10H2,1-4H3,(H2,22,23,26). The Morgan fingerprint density at radius 1 is 1.11 bits per heavy atom. The summed E-state index contributed by atoms with van der Waals surface area (Å²) in [5.41, 5.74) is 3.16. The Balaban J connectivity index is 2.41. The van der Waals surface area contributed by atoms with Gasteiger partial charge in [0.05, 0.1) is 18.2 Å². The third-order valence-electron chi connectivity index (χ3n) is 4.78. The molecule has 27 heavy (non-hydrogen) atoms. The molecule has 0 radical (unpaired) electrons. The van der Waals surface area contributed by atoms with Crippen LogP contribution in [0.2, 0.25) is 0 Å². The molecule has 1 heterocycles. The number of benzene rings is 1. The second-order valence-corrected chi connectivity index (χ2v) is 6.51. The number of unbranched alkanes of at least 4 members (excludes halogenated alkanes) is 1. The van der Waals surface area contributed by atoms with E-state index in [2.05, 4.69) is 36.3 Å². The number of urea groups is 1. The Morgan fingerprint density at radius 3 is 2.33 bits per heavy atom. The van der Waals surface area contributed by atoms with Crippen LogP contribution in [0.5, 0.6) is 0 Å². The summed E-state index contributed by atoms with van der Waals surface area (Å²) in [6.07, 6.45) is 2.52. The zero-order valence-corrected chi connectivity index (χ0v) is 16.8. The van der Waals surface area contributed by atoms with E-state index in [-0.39, 0.29) is 12.0 Å². The molecule has 2 N–H and O–H groups in total. The maximum Gasteiger partial charge on any atom is 0.338 e. The van der Waals surface area contributed by atoms with Crippen molar-refractivity contribution >= 4 is 17.7 Å². The van der Waals surface area contributed by atoms with Crippen molar-refractivity contribution in [1.82, 2.24) is 10.6 Å². The van der Waals surface area contributed by atoms with Crippen LogP contribution >= 0.6 is 0 Å². The van der Waals surface area contributed by atoms with Gasteiger partial charge in [0.15, 0.2) is 0 Å². The van der Waals surface area contributed by atoms with Gasteiger partial charge in [-0.1, -0.05) is 25.5 Å². The fourth-order valence-electron chi connectivity index (χ4n) is 3.33. The van der Waals surface area contributed by atoms with Crippen LogP contribution in [0.3, 0.4) is 0 Å². The van der Waals surface area contributed by atoms with Crippen LogP contribution in [0.25, 0.3) is 0 Å². The molecular weight excluding hydrogens is 342 g/mol. The first kappa shape index (κ1) is 20.8. The molecule has 1 aromatic rings. The molecule has 148 valence electrons. The van der Waals surface area contributed by atoms with Crippen LogP contribution in [0, 0.1) is 0 Å². The van der Waals surface area contributed by atoms with Crippen molar-refractivity contribution in [3.63, 3.8) is 0 Å². The molecule has 1 aliphatic rings. The molecule has 0 bridgehead atoms. The van der Waals surface area contributed by atoms with Crippen LogP contribution in [0.4, 0.5) is 10.5 Å². The molecule has 1 aliphatic heterocycles. The second-order valence-electron chi connectivity index (χ2n) is 6.51. The van der Waals surface area contributed by atoms with Gasteiger partial charge in [-0.3, -0.25) is 0 Å². The highest BCUT2D eigenvalue weighted by atomic mass is 16.5. The molecule has 0 saturated carbocycles. The Labute approximate surface area is 162 Å². The van der Waals surface area contributed by atoms with Gasteiger partial charge in [-0.25, -0.2) is 9.59 Å². The van der Waals surface area contributed by atoms with Crippen molar-refractivity contribution < 1.29 is 14.3 Å². The monoisotopic (exact) mass is 373 g/mol. The molecule has 0 aromatic heterocycles. The smallest absolute Gasteiger partial charge is 0.338 e. The summed E-state index contributed by atoms with van der Waals surface area (Å²) in [6, 6.07) is 7.22. The summed E-state index contributed by atoms with van der Waals surface area (Å²) in [4.78, 5) is 27.1. The maximum atomic E-state index is 12.7. The van der Waals surface area contributed by atoms with E-state index in [0.29, 0.717) is 24.3 Å². The van der Waals surface area contributed by atoms with Gasteiger partial charge < -0.3 is 20.3 Å². The highest BCUT2D eigenvalue weighted by Gasteiger charge is 2.33. The minimum atomic E-state index is -0.504. The van der Waals surface area contributed by atoms with Crippen molar-refractivity contribution in [3.8, 4) is 0 Å². The number of amides is 2. The van der Waals surface area contributed by atoms with Gasteiger partial charge in [0.25, 0.3) is 0 Å². The molecule has 0 fully saturated rings. The second kappa shape index (κ2) is 10.00. The molecule has 2 amide bonds. The van der Waals surface area contributed by atoms with Gasteiger partial charge in [0, 0.05) is 24.5 Å². The summed E-state index contributed by atoms with van der Waals surface area (Å²) in [5, 5.41) is 5.69. The number of carbonyl (C=O) groups is 2. The number of ether oxygens (including phenoxy) is 1. The number of nitrogens with zero attached hydrogens (tertiary/aromatic N) is 1. The van der Waals surface area contributed by atoms with Gasteiger partial charge in [-0.05, 0) is 51.3 Å². The Hall–Kier alpha value is -2.50. The summed E-state index contributed by atoms with van der Waals surface area (Å²) in [7, 11) is 0. The average molecular weight is 373 g/mol. The van der Waals surface area contributed by atoms with E-state index in [1.54, 1.807) is 6.92 Å². The van der Waals surface area contributed by atoms with Crippen molar-refractivity contribution in [1.29, 1.82) is 0 Å². The summed E-state index contributed by atoms with van der Waals surface area (Å²) < 4.78 is 5.28. The number of hydrogen-bond donors (Lipinski definition) is 2. The van der Waals surface area contributed by atoms with E-state index in [1.165, 1.54) is 0 Å². The van der Waals surface area contributed by atoms with Gasteiger partial charge in [0.2, 0.25) is 0 Å². The van der Waals surface area contributed by atoms with E-state index >= 15 is 0 Å². The van der Waals surface area contributed by atoms with Crippen LogP contribution in [0.1, 0.15) is 58.6 Å². The quantitative estimate of drug-likeness (QED) is 0.644. The zero-order valence-electron chi connectivity index (χ0n) is 16.8. The average Bonchev–Trinajstić information content (AvgIpc) is 2.67. The Kier molecular flexibility index (Phi) is 7.70. The predicted octanol–water partition coefficient (Wildman–Crippen LogP) is 3.89. The van der Waals surface area contributed by atoms with Crippen LogP contribution in [-0.2, 0) is 9.53 Å². The topological polar surface area (TPSA) is 70.7 Å². The fourth-order valence-corrected chi connectivity index (χ4v) is 3.33. The first-order valence-corrected chi connectivity index (χ1v) is 9.88. The van der Waals surface area contributed by atoms with Gasteiger partial charge in [-0.15, -0.1) is 0 Å². The van der Waals surface area contributed by atoms with Gasteiger partial charge >= 0.3 is 12.0 Å². The van der Waals surface area contributed by atoms with E-state index in [4.69, 9.17) is 4.74 Å². The summed E-state index contributed by atoms with van der Waals surface area (Å²) in [6.45, 7) is 10.2. The first-order chi connectivity index (χ1) is 13.0. The van der Waals surface area contributed by atoms with Gasteiger partial charge in [0.1, 0.15) is 0 Å². The largest absolute Gasteiger partial charge is 0.463 e. The molecule has 2 rings (SSSR count). The lowest BCUT2D eigenvalue weighted by Gasteiger charge is -2.30. The third kappa shape index (κ3) is 5.02. The lowest BCUT2D eigenvalue weighted by molar-refractivity contribution is -0.139. The normalized spacial score (nSPS) is 16.6. The number of hydrogen-bond acceptors (Lipinski definition) is 4. The minimum absolute atomic E-state index is 0.285. The summed E-state index contributed by atoms with van der Waals surface area (Å²) >= 11 is 0. The molecule has 0 saturated heterocycles. The highest BCUT2D eigenvalue weighted by Crippen LogP contribution is 2.30. The molecule has 6 nitrogen and oxygen atoms in total. The van der Waals surface area contributed by atoms with Crippen molar-refractivity contribution in [2.45, 2.75) is 53.0 Å². The number of rotatable bonds is 9. The lowest BCUT2D eigenvalue weighted by Crippen LogP contribution is -2.46. The molecule has 0 aliphatic carbocycles. The molecule has 1 aromatic carbocycles. The van der Waals surface area contributed by atoms with Crippen LogP contribution in [0.15, 0.2) is 35.5 Å². The molecule has 1 unspecified atom stereocenters. The van der Waals surface area contributed by atoms with Crippen molar-refractivity contribution in [2.75, 3.05) is 24.6 Å². The third-order valence-corrected chi connectivity index (χ3v) is 4.78. The van der Waals surface area contributed by atoms with E-state index in [0.717, 1.165) is 37.2 Å². The molecular formula is C21H31N3O3. The van der Waals surface area contributed by atoms with Crippen LogP contribution < -0.4 is 15.5 Å². The van der Waals surface area contributed by atoms with E-state index in [1.807, 2.05) is 24.3 Å². The lowest BCUT2D eigenvalue weighted by atomic mass is 9.93. The van der Waals surface area contributed by atoms with Crippen molar-refractivity contribution in [3.05, 3.63) is 41.1 Å². The zero-order chi connectivity index (χ0) is 19.8. The molecule has 0 spiro atoms.